The first-order valence-corrected chi connectivity index (χ1v) is 6.50. The third-order valence-corrected chi connectivity index (χ3v) is 3.12. The molecule has 2 aromatic rings. The zero-order chi connectivity index (χ0) is 17.0. The van der Waals surface area contributed by atoms with E-state index in [-0.39, 0.29) is 46.0 Å². The first-order valence-electron chi connectivity index (χ1n) is 6.12. The number of hydrogen-bond donors (Lipinski definition) is 1. The Morgan fingerprint density at radius 2 is 1.79 bits per heavy atom. The fraction of sp³-hybridized carbons (Fsp3) is 0.0667. The molecule has 4 nitrogen and oxygen atoms in total. The number of alkyl halides is 3. The second-order valence-electron chi connectivity index (χ2n) is 4.33. The molecule has 0 fully saturated rings. The molecule has 0 aromatic heterocycles. The normalized spacial score (nSPS) is 11.4. The summed E-state index contributed by atoms with van der Waals surface area (Å²) >= 11 is 5.79. The molecular formula is C15H9ClF3N2NaO2. The van der Waals surface area contributed by atoms with Crippen molar-refractivity contribution >= 4 is 46.9 Å². The van der Waals surface area contributed by atoms with Crippen molar-refractivity contribution in [1.29, 1.82) is 5.26 Å². The molecule has 0 aliphatic carbocycles. The van der Waals surface area contributed by atoms with Crippen molar-refractivity contribution in [1.82, 2.24) is 0 Å². The molecule has 0 heterocycles. The third kappa shape index (κ3) is 4.89. The van der Waals surface area contributed by atoms with Crippen molar-refractivity contribution in [2.24, 2.45) is 5.16 Å². The number of oxime groups is 1. The van der Waals surface area contributed by atoms with Crippen molar-refractivity contribution in [2.45, 2.75) is 6.18 Å². The summed E-state index contributed by atoms with van der Waals surface area (Å²) in [5.41, 5.74) is -0.687. The number of nitrogens with zero attached hydrogens (tertiary/aromatic N) is 2. The average Bonchev–Trinajstić information content (AvgIpc) is 2.51. The van der Waals surface area contributed by atoms with E-state index in [9.17, 15) is 13.2 Å². The van der Waals surface area contributed by atoms with Crippen LogP contribution in [0.2, 0.25) is 5.02 Å². The number of halogens is 4. The molecule has 0 spiro atoms. The van der Waals surface area contributed by atoms with Crippen LogP contribution in [-0.2, 0) is 6.18 Å². The summed E-state index contributed by atoms with van der Waals surface area (Å²) in [7, 11) is 0. The Morgan fingerprint density at radius 1 is 1.17 bits per heavy atom. The average molecular weight is 365 g/mol. The number of nitriles is 1. The Morgan fingerprint density at radius 3 is 2.25 bits per heavy atom. The molecule has 0 saturated carbocycles. The molecule has 0 saturated heterocycles. The van der Waals surface area contributed by atoms with E-state index in [4.69, 9.17) is 26.8 Å². The van der Waals surface area contributed by atoms with Gasteiger partial charge in [0.2, 0.25) is 0 Å². The van der Waals surface area contributed by atoms with Gasteiger partial charge in [0.05, 0.1) is 10.6 Å². The van der Waals surface area contributed by atoms with Crippen LogP contribution in [0.1, 0.15) is 11.1 Å². The molecule has 0 radical (unpaired) electrons. The third-order valence-electron chi connectivity index (χ3n) is 2.82. The van der Waals surface area contributed by atoms with Gasteiger partial charge in [-0.05, 0) is 42.5 Å². The molecular weight excluding hydrogens is 356 g/mol. The fourth-order valence-electron chi connectivity index (χ4n) is 1.71. The van der Waals surface area contributed by atoms with Crippen LogP contribution in [0.15, 0.2) is 47.6 Å². The Bertz CT molecular complexity index is 787. The molecule has 0 amide bonds. The second-order valence-corrected chi connectivity index (χ2v) is 4.74. The molecule has 0 bridgehead atoms. The molecule has 2 rings (SSSR count). The Hall–Kier alpha value is -1.72. The molecule has 0 atom stereocenters. The predicted molar refractivity (Wildman–Crippen MR) is 84.1 cm³/mol. The van der Waals surface area contributed by atoms with Gasteiger partial charge in [0.15, 0.2) is 5.71 Å². The summed E-state index contributed by atoms with van der Waals surface area (Å²) in [5.74, 6) is 0.356. The van der Waals surface area contributed by atoms with Crippen LogP contribution in [-0.4, -0.2) is 40.5 Å². The van der Waals surface area contributed by atoms with Crippen molar-refractivity contribution < 1.29 is 23.1 Å². The van der Waals surface area contributed by atoms with E-state index in [1.165, 1.54) is 24.3 Å². The van der Waals surface area contributed by atoms with Gasteiger partial charge in [0, 0.05) is 5.56 Å². The van der Waals surface area contributed by atoms with Gasteiger partial charge in [-0.1, -0.05) is 16.8 Å². The van der Waals surface area contributed by atoms with Crippen molar-refractivity contribution in [3.63, 3.8) is 0 Å². The van der Waals surface area contributed by atoms with Crippen LogP contribution in [0.3, 0.4) is 0 Å². The summed E-state index contributed by atoms with van der Waals surface area (Å²) in [5, 5.41) is 20.0. The summed E-state index contributed by atoms with van der Waals surface area (Å²) in [4.78, 5) is 0. The first-order chi connectivity index (χ1) is 10.8. The minimum absolute atomic E-state index is 0. The van der Waals surface area contributed by atoms with Gasteiger partial charge in [-0.2, -0.15) is 18.4 Å². The monoisotopic (exact) mass is 364 g/mol. The fourth-order valence-corrected chi connectivity index (χ4v) is 1.93. The van der Waals surface area contributed by atoms with E-state index in [1.54, 1.807) is 6.07 Å². The van der Waals surface area contributed by atoms with Crippen molar-refractivity contribution in [2.75, 3.05) is 0 Å². The van der Waals surface area contributed by atoms with Crippen LogP contribution in [0.5, 0.6) is 11.5 Å². The van der Waals surface area contributed by atoms with Crippen LogP contribution in [0.4, 0.5) is 13.2 Å². The quantitative estimate of drug-likeness (QED) is 0.384. The zero-order valence-electron chi connectivity index (χ0n) is 11.3. The van der Waals surface area contributed by atoms with Crippen LogP contribution in [0.25, 0.3) is 0 Å². The van der Waals surface area contributed by atoms with E-state index in [1.807, 2.05) is 0 Å². The molecule has 24 heavy (non-hydrogen) atoms. The standard InChI is InChI=1S/C15H8ClF3N2O2.Na.H/c16-12-7-10(15(17,18)19)3-6-14(12)23-11-4-1-9(2-5-11)13(8-20)21-22;;/h1-7,22H;;. The first kappa shape index (κ1) is 20.3. The summed E-state index contributed by atoms with van der Waals surface area (Å²) in [6, 6.07) is 10.3. The molecule has 0 unspecified atom stereocenters. The Labute approximate surface area is 162 Å². The van der Waals surface area contributed by atoms with Gasteiger partial charge < -0.3 is 9.94 Å². The molecule has 9 heteroatoms. The maximum absolute atomic E-state index is 12.6. The Kier molecular flexibility index (Phi) is 7.11. The van der Waals surface area contributed by atoms with Gasteiger partial charge >= 0.3 is 35.7 Å². The molecule has 2 aromatic carbocycles. The molecule has 1 N–H and O–H groups in total. The van der Waals surface area contributed by atoms with Crippen LogP contribution in [0, 0.1) is 11.3 Å². The SMILES string of the molecule is N#CC(=NO)c1ccc(Oc2ccc(C(F)(F)F)cc2Cl)cc1.[NaH]. The zero-order valence-corrected chi connectivity index (χ0v) is 12.1. The maximum atomic E-state index is 12.6. The van der Waals surface area contributed by atoms with Gasteiger partial charge in [-0.15, -0.1) is 0 Å². The summed E-state index contributed by atoms with van der Waals surface area (Å²) < 4.78 is 43.1. The predicted octanol–water partition coefficient (Wildman–Crippen LogP) is 4.20. The summed E-state index contributed by atoms with van der Waals surface area (Å²) in [6.45, 7) is 0. The van der Waals surface area contributed by atoms with Crippen LogP contribution < -0.4 is 4.74 Å². The van der Waals surface area contributed by atoms with Crippen molar-refractivity contribution in [3.8, 4) is 17.6 Å². The molecule has 0 aliphatic heterocycles. The van der Waals surface area contributed by atoms with E-state index >= 15 is 0 Å². The molecule has 0 aliphatic rings. The van der Waals surface area contributed by atoms with E-state index in [0.29, 0.717) is 11.3 Å². The van der Waals surface area contributed by atoms with Gasteiger partial charge in [-0.3, -0.25) is 0 Å². The summed E-state index contributed by atoms with van der Waals surface area (Å²) in [6.07, 6.45) is -4.48. The molecule has 120 valence electrons. The number of benzene rings is 2. The van der Waals surface area contributed by atoms with E-state index < -0.39 is 11.7 Å². The van der Waals surface area contributed by atoms with Gasteiger partial charge in [0.25, 0.3) is 0 Å². The number of ether oxygens (including phenoxy) is 1. The van der Waals surface area contributed by atoms with Crippen LogP contribution >= 0.6 is 11.6 Å². The van der Waals surface area contributed by atoms with Gasteiger partial charge in [-0.25, -0.2) is 0 Å². The van der Waals surface area contributed by atoms with Gasteiger partial charge in [0.1, 0.15) is 17.6 Å². The topological polar surface area (TPSA) is 65.6 Å². The Balaban J connectivity index is 0.00000288. The van der Waals surface area contributed by atoms with E-state index in [0.717, 1.165) is 18.2 Å². The van der Waals surface area contributed by atoms with Crippen molar-refractivity contribution in [3.05, 3.63) is 58.6 Å². The van der Waals surface area contributed by atoms with E-state index in [2.05, 4.69) is 5.16 Å². The minimum atomic E-state index is -4.48. The number of hydrogen-bond acceptors (Lipinski definition) is 4. The second kappa shape index (κ2) is 8.40. The number of rotatable bonds is 3.